The molecule has 1 aromatic heterocycles. The summed E-state index contributed by atoms with van der Waals surface area (Å²) >= 11 is 0. The Morgan fingerprint density at radius 3 is 1.93 bits per heavy atom. The van der Waals surface area contributed by atoms with Gasteiger partial charge in [0.2, 0.25) is 0 Å². The van der Waals surface area contributed by atoms with Crippen LogP contribution in [0.3, 0.4) is 0 Å². The van der Waals surface area contributed by atoms with Crippen LogP contribution in [0.15, 0.2) is 41.1 Å². The highest BCUT2D eigenvalue weighted by atomic mass is 16.5. The number of methoxy groups -OCH3 is 4. The second-order valence-electron chi connectivity index (χ2n) is 5.19. The molecule has 0 radical (unpaired) electrons. The first kappa shape index (κ1) is 23.1. The number of allylic oxidation sites excluding steroid dienone is 1. The lowest BCUT2D eigenvalue weighted by Gasteiger charge is -2.15. The van der Waals surface area contributed by atoms with Crippen molar-refractivity contribution in [1.29, 1.82) is 0 Å². The first-order valence-electron chi connectivity index (χ1n) is 8.03. The number of hydrogen-bond acceptors (Lipinski definition) is 9. The van der Waals surface area contributed by atoms with Gasteiger partial charge in [-0.15, -0.1) is 6.42 Å². The lowest BCUT2D eigenvalue weighted by atomic mass is 9.92. The average molecular weight is 401 g/mol. The number of rotatable bonds is 7. The zero-order valence-electron chi connectivity index (χ0n) is 16.3. The number of hydrogen-bond donors (Lipinski definition) is 0. The molecule has 0 amide bonds. The van der Waals surface area contributed by atoms with E-state index in [0.29, 0.717) is 0 Å². The fourth-order valence-corrected chi connectivity index (χ4v) is 2.30. The molecule has 0 fully saturated rings. The van der Waals surface area contributed by atoms with E-state index in [-0.39, 0.29) is 11.3 Å². The highest BCUT2D eigenvalue weighted by Crippen LogP contribution is 2.28. The maximum Gasteiger partial charge on any atom is 0.340 e. The van der Waals surface area contributed by atoms with Gasteiger partial charge in [0, 0.05) is 6.20 Å². The Labute approximate surface area is 167 Å². The summed E-state index contributed by atoms with van der Waals surface area (Å²) < 4.78 is 18.7. The Kier molecular flexibility index (Phi) is 8.79. The minimum atomic E-state index is -1.11. The molecular formula is C20H19NO8. The van der Waals surface area contributed by atoms with Crippen molar-refractivity contribution in [2.75, 3.05) is 28.4 Å². The fraction of sp³-hybridized carbons (Fsp3) is 0.250. The number of terminal acetylenes is 1. The molecule has 0 spiro atoms. The van der Waals surface area contributed by atoms with Crippen LogP contribution in [0, 0.1) is 12.3 Å². The van der Waals surface area contributed by atoms with Crippen LogP contribution in [-0.2, 0) is 38.1 Å². The van der Waals surface area contributed by atoms with Gasteiger partial charge in [0.15, 0.2) is 0 Å². The summed E-state index contributed by atoms with van der Waals surface area (Å²) in [5, 5.41) is 0. The van der Waals surface area contributed by atoms with E-state index in [4.69, 9.17) is 15.9 Å². The second-order valence-corrected chi connectivity index (χ2v) is 5.19. The van der Waals surface area contributed by atoms with Crippen LogP contribution < -0.4 is 0 Å². The highest BCUT2D eigenvalue weighted by molar-refractivity contribution is 6.17. The first-order chi connectivity index (χ1) is 13.9. The molecule has 1 aromatic rings. The molecule has 9 heteroatoms. The van der Waals surface area contributed by atoms with Crippen molar-refractivity contribution in [2.24, 2.45) is 0 Å². The molecule has 0 aliphatic rings. The summed E-state index contributed by atoms with van der Waals surface area (Å²) in [5.74, 6) is -1.81. The van der Waals surface area contributed by atoms with Crippen molar-refractivity contribution in [1.82, 2.24) is 4.98 Å². The molecule has 0 aromatic carbocycles. The fourth-order valence-electron chi connectivity index (χ4n) is 2.30. The average Bonchev–Trinajstić information content (AvgIpc) is 2.76. The molecule has 29 heavy (non-hydrogen) atoms. The largest absolute Gasteiger partial charge is 0.469 e. The standard InChI is InChI=1S/C20H19NO8/c1-6-12(14-9-7-8-10-21-14)16(19(24)28-4)17(20(25)29-5)13(18(23)27-3)11-15(22)26-2/h1,7-10H,11H2,2-5H3/b16-12+,17-13+. The third-order valence-electron chi connectivity index (χ3n) is 3.63. The third-order valence-corrected chi connectivity index (χ3v) is 3.63. The number of pyridine rings is 1. The summed E-state index contributed by atoms with van der Waals surface area (Å²) in [7, 11) is 4.21. The number of nitrogens with zero attached hydrogens (tertiary/aromatic N) is 1. The van der Waals surface area contributed by atoms with Crippen LogP contribution in [0.1, 0.15) is 12.1 Å². The van der Waals surface area contributed by atoms with Crippen LogP contribution in [0.4, 0.5) is 0 Å². The third kappa shape index (κ3) is 5.52. The molecule has 0 saturated heterocycles. The van der Waals surface area contributed by atoms with Crippen LogP contribution in [0.2, 0.25) is 0 Å². The summed E-state index contributed by atoms with van der Waals surface area (Å²) in [5.41, 5.74) is -1.56. The lowest BCUT2D eigenvalue weighted by molar-refractivity contribution is -0.144. The van der Waals surface area contributed by atoms with Crippen molar-refractivity contribution in [2.45, 2.75) is 6.42 Å². The molecular weight excluding hydrogens is 382 g/mol. The molecule has 0 unspecified atom stereocenters. The number of aromatic nitrogens is 1. The maximum absolute atomic E-state index is 12.6. The Morgan fingerprint density at radius 2 is 1.48 bits per heavy atom. The predicted molar refractivity (Wildman–Crippen MR) is 99.7 cm³/mol. The van der Waals surface area contributed by atoms with Crippen LogP contribution in [-0.4, -0.2) is 57.3 Å². The van der Waals surface area contributed by atoms with E-state index in [9.17, 15) is 19.2 Å². The van der Waals surface area contributed by atoms with Gasteiger partial charge in [-0.3, -0.25) is 9.78 Å². The molecule has 152 valence electrons. The Bertz CT molecular complexity index is 906. The monoisotopic (exact) mass is 401 g/mol. The molecule has 1 heterocycles. The summed E-state index contributed by atoms with van der Waals surface area (Å²) in [6, 6.07) is 4.71. The number of carbonyl (C=O) groups is 4. The van der Waals surface area contributed by atoms with Gasteiger partial charge in [0.05, 0.1) is 62.8 Å². The van der Waals surface area contributed by atoms with Gasteiger partial charge in [-0.25, -0.2) is 14.4 Å². The lowest BCUT2D eigenvalue weighted by Crippen LogP contribution is -2.23. The van der Waals surface area contributed by atoms with Gasteiger partial charge >= 0.3 is 23.9 Å². The second kappa shape index (κ2) is 11.0. The van der Waals surface area contributed by atoms with Gasteiger partial charge in [-0.05, 0) is 12.1 Å². The van der Waals surface area contributed by atoms with Crippen molar-refractivity contribution in [3.05, 3.63) is 46.8 Å². The van der Waals surface area contributed by atoms with E-state index in [1.807, 2.05) is 0 Å². The van der Waals surface area contributed by atoms with E-state index in [1.54, 1.807) is 12.1 Å². The molecule has 0 atom stereocenters. The van der Waals surface area contributed by atoms with Crippen molar-refractivity contribution in [3.8, 4) is 12.3 Å². The molecule has 0 N–H and O–H groups in total. The van der Waals surface area contributed by atoms with E-state index < -0.39 is 47.0 Å². The van der Waals surface area contributed by atoms with E-state index in [2.05, 4.69) is 20.4 Å². The van der Waals surface area contributed by atoms with Crippen LogP contribution in [0.5, 0.6) is 0 Å². The van der Waals surface area contributed by atoms with Crippen molar-refractivity contribution in [3.63, 3.8) is 0 Å². The van der Waals surface area contributed by atoms with Crippen molar-refractivity contribution >= 4 is 29.5 Å². The van der Waals surface area contributed by atoms with Gasteiger partial charge in [-0.2, -0.15) is 0 Å². The van der Waals surface area contributed by atoms with Crippen molar-refractivity contribution < 1.29 is 38.1 Å². The summed E-state index contributed by atoms with van der Waals surface area (Å²) in [4.78, 5) is 53.4. The van der Waals surface area contributed by atoms with E-state index >= 15 is 0 Å². The topological polar surface area (TPSA) is 118 Å². The zero-order valence-corrected chi connectivity index (χ0v) is 16.3. The molecule has 9 nitrogen and oxygen atoms in total. The number of carbonyl (C=O) groups excluding carboxylic acids is 4. The minimum absolute atomic E-state index is 0.149. The zero-order chi connectivity index (χ0) is 22.0. The van der Waals surface area contributed by atoms with Crippen LogP contribution in [0.25, 0.3) is 5.57 Å². The Balaban J connectivity index is 4.08. The normalized spacial score (nSPS) is 11.8. The smallest absolute Gasteiger partial charge is 0.340 e. The molecule has 0 saturated carbocycles. The summed E-state index contributed by atoms with van der Waals surface area (Å²) in [6.07, 6.45) is 6.30. The van der Waals surface area contributed by atoms with Gasteiger partial charge < -0.3 is 18.9 Å². The van der Waals surface area contributed by atoms with E-state index in [1.165, 1.54) is 12.3 Å². The predicted octanol–water partition coefficient (Wildman–Crippen LogP) is 0.847. The van der Waals surface area contributed by atoms with Crippen LogP contribution >= 0.6 is 0 Å². The molecule has 0 aliphatic heterocycles. The highest BCUT2D eigenvalue weighted by Gasteiger charge is 2.34. The Morgan fingerprint density at radius 1 is 0.897 bits per heavy atom. The Hall–Kier alpha value is -3.93. The molecule has 0 bridgehead atoms. The van der Waals surface area contributed by atoms with E-state index in [0.717, 1.165) is 28.4 Å². The number of ether oxygens (including phenoxy) is 4. The van der Waals surface area contributed by atoms with Gasteiger partial charge in [0.1, 0.15) is 0 Å². The quantitative estimate of drug-likeness (QED) is 0.215. The molecule has 0 aliphatic carbocycles. The van der Waals surface area contributed by atoms with Gasteiger partial charge in [0.25, 0.3) is 0 Å². The SMILES string of the molecule is C#C/C(=C(C(=O)OC)/C(C(=O)OC)=C(/CC(=O)OC)C(=O)OC)c1ccccn1. The maximum atomic E-state index is 12.6. The number of esters is 4. The summed E-state index contributed by atoms with van der Waals surface area (Å²) in [6.45, 7) is 0. The van der Waals surface area contributed by atoms with Gasteiger partial charge in [-0.1, -0.05) is 12.0 Å². The minimum Gasteiger partial charge on any atom is -0.469 e. The molecule has 1 rings (SSSR count). The first-order valence-corrected chi connectivity index (χ1v) is 8.03.